The summed E-state index contributed by atoms with van der Waals surface area (Å²) in [4.78, 5) is 17.8. The summed E-state index contributed by atoms with van der Waals surface area (Å²) in [6.07, 6.45) is 5.27. The van der Waals surface area contributed by atoms with Crippen molar-refractivity contribution in [3.8, 4) is 0 Å². The molecule has 4 heterocycles. The molecule has 2 N–H and O–H groups in total. The molecule has 2 saturated heterocycles. The molecule has 2 aliphatic carbocycles. The number of nitrogens with zero attached hydrogens (tertiary/aromatic N) is 4. The predicted octanol–water partition coefficient (Wildman–Crippen LogP) is 4.70. The second kappa shape index (κ2) is 10.5. The summed E-state index contributed by atoms with van der Waals surface area (Å²) < 4.78 is 59.4. The van der Waals surface area contributed by atoms with Gasteiger partial charge in [-0.3, -0.25) is 18.8 Å². The van der Waals surface area contributed by atoms with Crippen LogP contribution in [0.15, 0.2) is 23.3 Å². The minimum atomic E-state index is -4.61. The molecule has 2 aromatic heterocycles. The lowest BCUT2D eigenvalue weighted by Crippen LogP contribution is -2.50. The molecule has 2 aliphatic heterocycles. The number of alkyl halides is 4. The maximum Gasteiger partial charge on any atom is 0.418 e. The summed E-state index contributed by atoms with van der Waals surface area (Å²) in [6.45, 7) is 3.25. The van der Waals surface area contributed by atoms with Crippen molar-refractivity contribution in [3.05, 3.63) is 40.1 Å². The van der Waals surface area contributed by atoms with E-state index in [0.717, 1.165) is 38.4 Å². The molecule has 39 heavy (non-hydrogen) atoms. The van der Waals surface area contributed by atoms with E-state index in [2.05, 4.69) is 22.8 Å². The average molecular weight is 553 g/mol. The summed E-state index contributed by atoms with van der Waals surface area (Å²) in [5.74, 6) is 1.46. The van der Waals surface area contributed by atoms with Gasteiger partial charge in [0.25, 0.3) is 0 Å². The molecule has 6 atom stereocenters. The van der Waals surface area contributed by atoms with Gasteiger partial charge in [0.2, 0.25) is 0 Å². The Morgan fingerprint density at radius 1 is 1.05 bits per heavy atom. The zero-order valence-corrected chi connectivity index (χ0v) is 22.8. The molecule has 0 spiro atoms. The molecule has 0 amide bonds. The smallest absolute Gasteiger partial charge is 0.295 e. The van der Waals surface area contributed by atoms with Crippen molar-refractivity contribution in [2.24, 2.45) is 17.8 Å². The third-order valence-corrected chi connectivity index (χ3v) is 10.0. The predicted molar refractivity (Wildman–Crippen MR) is 141 cm³/mol. The number of fused-ring (bicyclic) bond motifs is 1. The molecule has 0 radical (unpaired) electrons. The fraction of sp³-hybridized carbons (Fsp3) is 0.750. The van der Waals surface area contributed by atoms with Gasteiger partial charge >= 0.3 is 11.9 Å². The van der Waals surface area contributed by atoms with Crippen molar-refractivity contribution < 1.29 is 17.6 Å². The van der Waals surface area contributed by atoms with Gasteiger partial charge in [-0.2, -0.15) is 13.2 Å². The van der Waals surface area contributed by atoms with Crippen LogP contribution in [-0.2, 0) is 6.18 Å². The van der Waals surface area contributed by atoms with Gasteiger partial charge in [0.15, 0.2) is 0 Å². The van der Waals surface area contributed by atoms with E-state index < -0.39 is 29.6 Å². The molecular formula is C28H40F4N6O. The number of imidazole rings is 1. The standard InChI is InChI=1S/C28H40F4N6O/c1-17(36-10-9-21(29)14-36)20-12-23(28(30,31)32)24-15-37(27(39)38(24)13-20)22-8-4-7-19(11-22)25(18-5-3-6-18)26-34-33-16-35(26)2/h12-13,15,17-19,21-22,25-26,33-34H,3-11,14,16H2,1-2H3/t17-,19?,21-,22?,25+,26?/m0/s1. The van der Waals surface area contributed by atoms with Crippen molar-refractivity contribution >= 4 is 5.52 Å². The lowest BCUT2D eigenvalue weighted by molar-refractivity contribution is -0.136. The van der Waals surface area contributed by atoms with Crippen LogP contribution in [0.4, 0.5) is 17.6 Å². The number of aromatic nitrogens is 2. The van der Waals surface area contributed by atoms with Crippen LogP contribution in [0.2, 0.25) is 0 Å². The molecule has 216 valence electrons. The summed E-state index contributed by atoms with van der Waals surface area (Å²) >= 11 is 0. The number of hydrogen-bond donors (Lipinski definition) is 2. The van der Waals surface area contributed by atoms with E-state index in [1.807, 2.05) is 4.90 Å². The Morgan fingerprint density at radius 2 is 1.79 bits per heavy atom. The van der Waals surface area contributed by atoms with Crippen molar-refractivity contribution in [1.82, 2.24) is 29.6 Å². The van der Waals surface area contributed by atoms with Crippen molar-refractivity contribution in [1.29, 1.82) is 0 Å². The molecule has 3 unspecified atom stereocenters. The largest absolute Gasteiger partial charge is 0.418 e. The molecule has 2 aromatic rings. The first-order valence-corrected chi connectivity index (χ1v) is 14.5. The van der Waals surface area contributed by atoms with Gasteiger partial charge in [-0.15, -0.1) is 0 Å². The first kappa shape index (κ1) is 27.2. The topological polar surface area (TPSA) is 57.0 Å². The minimum Gasteiger partial charge on any atom is -0.295 e. The molecule has 2 saturated carbocycles. The Bertz CT molecular complexity index is 1240. The van der Waals surface area contributed by atoms with Gasteiger partial charge < -0.3 is 0 Å². The highest BCUT2D eigenvalue weighted by molar-refractivity contribution is 5.56. The van der Waals surface area contributed by atoms with E-state index in [-0.39, 0.29) is 24.3 Å². The van der Waals surface area contributed by atoms with Crippen LogP contribution in [0.5, 0.6) is 0 Å². The van der Waals surface area contributed by atoms with Crippen LogP contribution < -0.4 is 16.5 Å². The highest BCUT2D eigenvalue weighted by atomic mass is 19.4. The second-order valence-corrected chi connectivity index (χ2v) is 12.3. The third-order valence-electron chi connectivity index (χ3n) is 10.0. The normalized spacial score (nSPS) is 31.1. The Labute approximate surface area is 226 Å². The number of nitrogens with one attached hydrogen (secondary N) is 2. The molecule has 4 aliphatic rings. The van der Waals surface area contributed by atoms with Gasteiger partial charge in [-0.25, -0.2) is 20.0 Å². The van der Waals surface area contributed by atoms with Crippen LogP contribution in [0.1, 0.15) is 81.5 Å². The first-order chi connectivity index (χ1) is 18.6. The van der Waals surface area contributed by atoms with E-state index in [1.165, 1.54) is 29.9 Å². The molecule has 11 heteroatoms. The first-order valence-electron chi connectivity index (χ1n) is 14.5. The molecule has 6 rings (SSSR count). The van der Waals surface area contributed by atoms with E-state index >= 15 is 0 Å². The van der Waals surface area contributed by atoms with E-state index in [0.29, 0.717) is 36.3 Å². The number of halogens is 4. The Morgan fingerprint density at radius 3 is 2.41 bits per heavy atom. The van der Waals surface area contributed by atoms with Crippen molar-refractivity contribution in [2.45, 2.75) is 88.9 Å². The molecule has 0 aromatic carbocycles. The Kier molecular flexibility index (Phi) is 7.31. The SMILES string of the molecule is C[C@@H](c1cc(C(F)(F)F)c2cn(C3CCCC([C@@H](C4CCC4)C4NNCN4C)C3)c(=O)n2c1)N1CC[C@H](F)C1. The lowest BCUT2D eigenvalue weighted by atomic mass is 9.65. The zero-order valence-electron chi connectivity index (χ0n) is 22.8. The summed E-state index contributed by atoms with van der Waals surface area (Å²) in [5.41, 5.74) is 5.78. The van der Waals surface area contributed by atoms with Crippen LogP contribution in [0.3, 0.4) is 0 Å². The van der Waals surface area contributed by atoms with Gasteiger partial charge in [-0.05, 0) is 69.0 Å². The number of likely N-dealkylation sites (tertiary alicyclic amines) is 1. The van der Waals surface area contributed by atoms with Crippen molar-refractivity contribution in [2.75, 3.05) is 26.8 Å². The average Bonchev–Trinajstić information content (AvgIpc) is 3.58. The van der Waals surface area contributed by atoms with Crippen LogP contribution in [-0.4, -0.2) is 57.9 Å². The second-order valence-electron chi connectivity index (χ2n) is 12.3. The Balaban J connectivity index is 1.33. The van der Waals surface area contributed by atoms with Gasteiger partial charge in [0, 0.05) is 37.6 Å². The zero-order chi connectivity index (χ0) is 27.5. The highest BCUT2D eigenvalue weighted by Gasteiger charge is 2.44. The summed E-state index contributed by atoms with van der Waals surface area (Å²) in [5, 5.41) is 0. The number of hydrogen-bond acceptors (Lipinski definition) is 5. The fourth-order valence-corrected chi connectivity index (χ4v) is 7.65. The number of hydrazine groups is 1. The lowest BCUT2D eigenvalue weighted by Gasteiger charge is -2.46. The number of rotatable bonds is 6. The third kappa shape index (κ3) is 5.04. The van der Waals surface area contributed by atoms with Crippen LogP contribution >= 0.6 is 0 Å². The van der Waals surface area contributed by atoms with Gasteiger partial charge in [-0.1, -0.05) is 25.7 Å². The maximum absolute atomic E-state index is 14.3. The van der Waals surface area contributed by atoms with E-state index in [9.17, 15) is 22.4 Å². The van der Waals surface area contributed by atoms with Gasteiger partial charge in [0.1, 0.15) is 6.17 Å². The minimum absolute atomic E-state index is 0.104. The molecule has 7 nitrogen and oxygen atoms in total. The quantitative estimate of drug-likeness (QED) is 0.509. The highest BCUT2D eigenvalue weighted by Crippen LogP contribution is 2.47. The van der Waals surface area contributed by atoms with Crippen molar-refractivity contribution in [3.63, 3.8) is 0 Å². The maximum atomic E-state index is 14.3. The molecular weight excluding hydrogens is 512 g/mol. The molecule has 4 fully saturated rings. The van der Waals surface area contributed by atoms with Crippen LogP contribution in [0.25, 0.3) is 5.52 Å². The fourth-order valence-electron chi connectivity index (χ4n) is 7.65. The van der Waals surface area contributed by atoms with Gasteiger partial charge in [0.05, 0.1) is 23.9 Å². The molecule has 0 bridgehead atoms. The van der Waals surface area contributed by atoms with E-state index in [1.54, 1.807) is 17.7 Å². The number of pyridine rings is 1. The Hall–Kier alpha value is -1.95. The monoisotopic (exact) mass is 552 g/mol. The van der Waals surface area contributed by atoms with Crippen LogP contribution in [0, 0.1) is 17.8 Å². The summed E-state index contributed by atoms with van der Waals surface area (Å²) in [6, 6.07) is 0.602. The summed E-state index contributed by atoms with van der Waals surface area (Å²) in [7, 11) is 2.11. The van der Waals surface area contributed by atoms with E-state index in [4.69, 9.17) is 0 Å².